The number of aryl methyl sites for hydroxylation is 1. The summed E-state index contributed by atoms with van der Waals surface area (Å²) < 4.78 is 5.78. The van der Waals surface area contributed by atoms with E-state index in [1.165, 1.54) is 0 Å². The van der Waals surface area contributed by atoms with Crippen molar-refractivity contribution < 1.29 is 18.8 Å². The number of hydrazine groups is 1. The van der Waals surface area contributed by atoms with Crippen LogP contribution >= 0.6 is 0 Å². The zero-order chi connectivity index (χ0) is 18.3. The summed E-state index contributed by atoms with van der Waals surface area (Å²) in [5.74, 6) is -2.20. The fraction of sp³-hybridized carbons (Fsp3) is 0.211. The minimum absolute atomic E-state index is 0.0647. The van der Waals surface area contributed by atoms with Crippen molar-refractivity contribution in [1.29, 1.82) is 0 Å². The maximum atomic E-state index is 12.4. The first kappa shape index (κ1) is 16.1. The Labute approximate surface area is 148 Å². The predicted octanol–water partition coefficient (Wildman–Crippen LogP) is 1.93. The third-order valence-corrected chi connectivity index (χ3v) is 4.44. The second kappa shape index (κ2) is 6.18. The van der Waals surface area contributed by atoms with Crippen molar-refractivity contribution in [2.24, 2.45) is 0 Å². The van der Waals surface area contributed by atoms with Crippen LogP contribution in [-0.4, -0.2) is 23.8 Å². The summed E-state index contributed by atoms with van der Waals surface area (Å²) in [5, 5.41) is 5.28. The van der Waals surface area contributed by atoms with Gasteiger partial charge in [-0.1, -0.05) is 36.4 Å². The molecule has 0 radical (unpaired) electrons. The first-order valence-electron chi connectivity index (χ1n) is 8.36. The van der Waals surface area contributed by atoms with Crippen LogP contribution in [0.3, 0.4) is 0 Å². The van der Waals surface area contributed by atoms with E-state index in [4.69, 9.17) is 4.42 Å². The van der Waals surface area contributed by atoms with E-state index < -0.39 is 17.7 Å². The zero-order valence-electron chi connectivity index (χ0n) is 14.1. The molecule has 132 valence electrons. The number of carbonyl (C=O) groups excluding carboxylic acids is 3. The van der Waals surface area contributed by atoms with Gasteiger partial charge in [-0.2, -0.15) is 0 Å². The Morgan fingerprint density at radius 3 is 2.50 bits per heavy atom. The normalized spacial score (nSPS) is 13.6. The van der Waals surface area contributed by atoms with Crippen molar-refractivity contribution in [2.75, 3.05) is 0 Å². The van der Waals surface area contributed by atoms with Crippen molar-refractivity contribution in [2.45, 2.75) is 25.8 Å². The Hall–Kier alpha value is -3.35. The van der Waals surface area contributed by atoms with Crippen LogP contribution in [0.25, 0.3) is 21.7 Å². The van der Waals surface area contributed by atoms with Crippen molar-refractivity contribution in [3.8, 4) is 0 Å². The maximum absolute atomic E-state index is 12.4. The molecular weight excluding hydrogens is 334 g/mol. The first-order valence-corrected chi connectivity index (χ1v) is 8.36. The third-order valence-electron chi connectivity index (χ3n) is 4.44. The van der Waals surface area contributed by atoms with E-state index in [1.54, 1.807) is 6.92 Å². The molecule has 1 aliphatic carbocycles. The fourth-order valence-electron chi connectivity index (χ4n) is 2.87. The average Bonchev–Trinajstić information content (AvgIpc) is 3.40. The highest BCUT2D eigenvalue weighted by atomic mass is 16.3. The first-order chi connectivity index (χ1) is 12.5. The number of benzene rings is 2. The number of amides is 3. The van der Waals surface area contributed by atoms with Gasteiger partial charge in [0, 0.05) is 22.4 Å². The molecule has 0 saturated heterocycles. The van der Waals surface area contributed by atoms with Crippen LogP contribution in [0.15, 0.2) is 40.8 Å². The summed E-state index contributed by atoms with van der Waals surface area (Å²) in [5.41, 5.74) is 5.62. The SMILES string of the molecule is Cc1c(C(=O)NNC(=O)C(=O)NC2CC2)oc2c1ccc1ccccc12. The maximum Gasteiger partial charge on any atom is 0.327 e. The summed E-state index contributed by atoms with van der Waals surface area (Å²) >= 11 is 0. The molecule has 0 unspecified atom stereocenters. The molecule has 26 heavy (non-hydrogen) atoms. The molecule has 1 aromatic heterocycles. The van der Waals surface area contributed by atoms with E-state index in [0.29, 0.717) is 11.1 Å². The molecular formula is C19H17N3O4. The van der Waals surface area contributed by atoms with Crippen LogP contribution < -0.4 is 16.2 Å². The lowest BCUT2D eigenvalue weighted by Gasteiger charge is -2.06. The Morgan fingerprint density at radius 1 is 0.962 bits per heavy atom. The minimum atomic E-state index is -0.913. The number of hydrogen-bond donors (Lipinski definition) is 3. The Morgan fingerprint density at radius 2 is 1.73 bits per heavy atom. The standard InChI is InChI=1S/C19H17N3O4/c1-10-13-9-6-11-4-2-3-5-14(11)16(13)26-15(10)17(23)21-22-19(25)18(24)20-12-7-8-12/h2-6,9,12H,7-8H2,1H3,(H,20,24)(H,21,23)(H,22,25). The molecule has 2 aromatic carbocycles. The van der Waals surface area contributed by atoms with Crippen molar-refractivity contribution in [1.82, 2.24) is 16.2 Å². The van der Waals surface area contributed by atoms with Crippen LogP contribution in [0.5, 0.6) is 0 Å². The van der Waals surface area contributed by atoms with Crippen LogP contribution in [0.1, 0.15) is 29.0 Å². The molecule has 0 atom stereocenters. The molecule has 3 amide bonds. The van der Waals surface area contributed by atoms with Crippen molar-refractivity contribution in [3.05, 3.63) is 47.7 Å². The van der Waals surface area contributed by atoms with Crippen molar-refractivity contribution in [3.63, 3.8) is 0 Å². The number of fused-ring (bicyclic) bond motifs is 3. The third kappa shape index (κ3) is 2.88. The highest BCUT2D eigenvalue weighted by Crippen LogP contribution is 2.31. The van der Waals surface area contributed by atoms with Gasteiger partial charge in [0.1, 0.15) is 5.58 Å². The van der Waals surface area contributed by atoms with Gasteiger partial charge in [0.2, 0.25) is 0 Å². The number of rotatable bonds is 2. The lowest BCUT2D eigenvalue weighted by molar-refractivity contribution is -0.139. The summed E-state index contributed by atoms with van der Waals surface area (Å²) in [4.78, 5) is 35.7. The molecule has 7 nitrogen and oxygen atoms in total. The van der Waals surface area contributed by atoms with Gasteiger partial charge in [0.25, 0.3) is 0 Å². The largest absolute Gasteiger partial charge is 0.450 e. The lowest BCUT2D eigenvalue weighted by atomic mass is 10.1. The molecule has 3 N–H and O–H groups in total. The van der Waals surface area contributed by atoms with Gasteiger partial charge in [0.05, 0.1) is 0 Å². The zero-order valence-corrected chi connectivity index (χ0v) is 14.1. The Kier molecular flexibility index (Phi) is 3.84. The van der Waals surface area contributed by atoms with E-state index in [1.807, 2.05) is 36.4 Å². The van der Waals surface area contributed by atoms with E-state index in [9.17, 15) is 14.4 Å². The van der Waals surface area contributed by atoms with Gasteiger partial charge in [-0.3, -0.25) is 25.2 Å². The topological polar surface area (TPSA) is 100 Å². The van der Waals surface area contributed by atoms with Gasteiger partial charge in [-0.25, -0.2) is 0 Å². The molecule has 1 saturated carbocycles. The Balaban J connectivity index is 1.54. The molecule has 0 spiro atoms. The number of carbonyl (C=O) groups is 3. The summed E-state index contributed by atoms with van der Waals surface area (Å²) in [6.45, 7) is 1.77. The predicted molar refractivity (Wildman–Crippen MR) is 95.2 cm³/mol. The number of nitrogens with one attached hydrogen (secondary N) is 3. The van der Waals surface area contributed by atoms with Crippen LogP contribution in [0.4, 0.5) is 0 Å². The van der Waals surface area contributed by atoms with Gasteiger partial charge >= 0.3 is 17.7 Å². The van der Waals surface area contributed by atoms with E-state index in [0.717, 1.165) is 29.0 Å². The summed E-state index contributed by atoms with van der Waals surface area (Å²) in [6, 6.07) is 11.6. The highest BCUT2D eigenvalue weighted by Gasteiger charge is 2.27. The average molecular weight is 351 g/mol. The Bertz CT molecular complexity index is 1050. The second-order valence-corrected chi connectivity index (χ2v) is 6.38. The highest BCUT2D eigenvalue weighted by molar-refractivity contribution is 6.35. The van der Waals surface area contributed by atoms with Crippen molar-refractivity contribution >= 4 is 39.5 Å². The number of furan rings is 1. The monoisotopic (exact) mass is 351 g/mol. The fourth-order valence-corrected chi connectivity index (χ4v) is 2.87. The smallest absolute Gasteiger partial charge is 0.327 e. The van der Waals surface area contributed by atoms with Gasteiger partial charge in [0.15, 0.2) is 5.76 Å². The van der Waals surface area contributed by atoms with Crippen LogP contribution in [0.2, 0.25) is 0 Å². The van der Waals surface area contributed by atoms with Gasteiger partial charge in [-0.15, -0.1) is 0 Å². The summed E-state index contributed by atoms with van der Waals surface area (Å²) in [7, 11) is 0. The lowest BCUT2D eigenvalue weighted by Crippen LogP contribution is -2.49. The minimum Gasteiger partial charge on any atom is -0.450 e. The van der Waals surface area contributed by atoms with E-state index in [2.05, 4.69) is 16.2 Å². The van der Waals surface area contributed by atoms with Crippen LogP contribution in [-0.2, 0) is 9.59 Å². The second-order valence-electron chi connectivity index (χ2n) is 6.38. The molecule has 3 aromatic rings. The van der Waals surface area contributed by atoms with Gasteiger partial charge in [-0.05, 0) is 25.2 Å². The molecule has 4 rings (SSSR count). The molecule has 1 aliphatic rings. The summed E-state index contributed by atoms with van der Waals surface area (Å²) in [6.07, 6.45) is 1.75. The molecule has 1 fully saturated rings. The van der Waals surface area contributed by atoms with E-state index >= 15 is 0 Å². The van der Waals surface area contributed by atoms with E-state index in [-0.39, 0.29) is 11.8 Å². The molecule has 0 bridgehead atoms. The molecule has 1 heterocycles. The quantitative estimate of drug-likeness (QED) is 0.485. The molecule has 7 heteroatoms. The molecule has 0 aliphatic heterocycles. The number of hydrogen-bond acceptors (Lipinski definition) is 4. The van der Waals surface area contributed by atoms with Crippen LogP contribution in [0, 0.1) is 6.92 Å². The van der Waals surface area contributed by atoms with Gasteiger partial charge < -0.3 is 9.73 Å².